The topological polar surface area (TPSA) is 70.4 Å². The maximum Gasteiger partial charge on any atom is 0.311 e. The van der Waals surface area contributed by atoms with Crippen molar-refractivity contribution in [3.05, 3.63) is 107 Å². The van der Waals surface area contributed by atoms with Crippen LogP contribution in [0.5, 0.6) is 11.8 Å². The molecule has 4 rings (SSSR count). The molecule has 1 heterocycles. The lowest BCUT2D eigenvalue weighted by atomic mass is 10.1. The smallest absolute Gasteiger partial charge is 0.311 e. The van der Waals surface area contributed by atoms with Crippen molar-refractivity contribution in [3.8, 4) is 17.4 Å². The fourth-order valence-corrected chi connectivity index (χ4v) is 3.47. The second kappa shape index (κ2) is 9.96. The molecule has 0 fully saturated rings. The molecule has 0 bridgehead atoms. The van der Waals surface area contributed by atoms with E-state index in [4.69, 9.17) is 9.47 Å². The highest BCUT2D eigenvalue weighted by atomic mass is 16.5. The molecule has 0 aliphatic carbocycles. The molecule has 0 saturated heterocycles. The SMILES string of the molecule is CCOC(=O)Cc1c(C(=O)c2ccccc2)nc(Oc2ccccc2)n1-c1ccc(C)cc1. The Labute approximate surface area is 192 Å². The van der Waals surface area contributed by atoms with Crippen molar-refractivity contribution in [3.63, 3.8) is 0 Å². The van der Waals surface area contributed by atoms with Gasteiger partial charge in [0.15, 0.2) is 0 Å². The minimum absolute atomic E-state index is 0.124. The average molecular weight is 440 g/mol. The third-order valence-electron chi connectivity index (χ3n) is 5.05. The van der Waals surface area contributed by atoms with Crippen LogP contribution in [0.4, 0.5) is 0 Å². The van der Waals surface area contributed by atoms with Gasteiger partial charge in [-0.05, 0) is 38.1 Å². The van der Waals surface area contributed by atoms with E-state index in [9.17, 15) is 9.59 Å². The van der Waals surface area contributed by atoms with Crippen LogP contribution in [0.25, 0.3) is 5.69 Å². The van der Waals surface area contributed by atoms with Crippen molar-refractivity contribution in [1.82, 2.24) is 9.55 Å². The number of rotatable bonds is 8. The van der Waals surface area contributed by atoms with Crippen LogP contribution < -0.4 is 4.74 Å². The van der Waals surface area contributed by atoms with Crippen molar-refractivity contribution in [2.24, 2.45) is 0 Å². The summed E-state index contributed by atoms with van der Waals surface area (Å²) in [5.41, 5.74) is 2.85. The zero-order chi connectivity index (χ0) is 23.2. The number of carbonyl (C=O) groups excluding carboxylic acids is 2. The van der Waals surface area contributed by atoms with Crippen LogP contribution in [-0.2, 0) is 16.0 Å². The normalized spacial score (nSPS) is 10.6. The number of esters is 1. The lowest BCUT2D eigenvalue weighted by Gasteiger charge is -2.13. The highest BCUT2D eigenvalue weighted by molar-refractivity contribution is 6.09. The van der Waals surface area contributed by atoms with Gasteiger partial charge in [-0.3, -0.25) is 14.2 Å². The molecule has 166 valence electrons. The number of imidazole rings is 1. The molecule has 0 unspecified atom stereocenters. The molecule has 0 aliphatic rings. The van der Waals surface area contributed by atoms with Gasteiger partial charge in [-0.2, -0.15) is 4.98 Å². The van der Waals surface area contributed by atoms with E-state index in [1.54, 1.807) is 47.9 Å². The summed E-state index contributed by atoms with van der Waals surface area (Å²) in [5.74, 6) is -0.171. The molecular weight excluding hydrogens is 416 g/mol. The molecule has 0 amide bonds. The predicted octanol–water partition coefficient (Wildman–Crippen LogP) is 5.31. The summed E-state index contributed by atoms with van der Waals surface area (Å²) in [6.45, 7) is 3.98. The molecule has 0 atom stereocenters. The first-order valence-electron chi connectivity index (χ1n) is 10.7. The lowest BCUT2D eigenvalue weighted by Crippen LogP contribution is -2.15. The van der Waals surface area contributed by atoms with Crippen LogP contribution in [0, 0.1) is 6.92 Å². The van der Waals surface area contributed by atoms with Crippen LogP contribution >= 0.6 is 0 Å². The summed E-state index contributed by atoms with van der Waals surface area (Å²) in [6.07, 6.45) is -0.124. The van der Waals surface area contributed by atoms with Gasteiger partial charge in [-0.1, -0.05) is 66.2 Å². The van der Waals surface area contributed by atoms with Gasteiger partial charge in [-0.15, -0.1) is 0 Å². The summed E-state index contributed by atoms with van der Waals surface area (Å²) in [5, 5.41) is 0. The van der Waals surface area contributed by atoms with Crippen molar-refractivity contribution in [2.75, 3.05) is 6.61 Å². The van der Waals surface area contributed by atoms with Gasteiger partial charge in [0.25, 0.3) is 0 Å². The fraction of sp³-hybridized carbons (Fsp3) is 0.148. The number of hydrogen-bond donors (Lipinski definition) is 0. The zero-order valence-electron chi connectivity index (χ0n) is 18.5. The molecule has 6 heteroatoms. The Morgan fingerprint density at radius 1 is 0.879 bits per heavy atom. The summed E-state index contributed by atoms with van der Waals surface area (Å²) in [6, 6.07) is 26.0. The standard InChI is InChI=1S/C27H24N2O4/c1-3-32-24(30)18-23-25(26(31)20-10-6-4-7-11-20)28-27(33-22-12-8-5-9-13-22)29(23)21-16-14-19(2)15-17-21/h4-17H,3,18H2,1-2H3. The van der Waals surface area contributed by atoms with Gasteiger partial charge >= 0.3 is 12.0 Å². The molecular formula is C27H24N2O4. The number of ketones is 1. The first-order chi connectivity index (χ1) is 16.1. The summed E-state index contributed by atoms with van der Waals surface area (Å²) in [7, 11) is 0. The van der Waals surface area contributed by atoms with Crippen LogP contribution in [0.15, 0.2) is 84.9 Å². The van der Waals surface area contributed by atoms with E-state index in [0.717, 1.165) is 11.3 Å². The third-order valence-corrected chi connectivity index (χ3v) is 5.05. The second-order valence-electron chi connectivity index (χ2n) is 7.45. The fourth-order valence-electron chi connectivity index (χ4n) is 3.47. The number of aromatic nitrogens is 2. The highest BCUT2D eigenvalue weighted by Crippen LogP contribution is 2.30. The largest absolute Gasteiger partial charge is 0.466 e. The van der Waals surface area contributed by atoms with Crippen molar-refractivity contribution >= 4 is 11.8 Å². The number of hydrogen-bond acceptors (Lipinski definition) is 5. The highest BCUT2D eigenvalue weighted by Gasteiger charge is 2.27. The van der Waals surface area contributed by atoms with Gasteiger partial charge in [0.1, 0.15) is 11.4 Å². The van der Waals surface area contributed by atoms with E-state index in [1.165, 1.54) is 0 Å². The number of benzene rings is 3. The Kier molecular flexibility index (Phi) is 6.64. The molecule has 0 aliphatic heterocycles. The first-order valence-corrected chi connectivity index (χ1v) is 10.7. The number of aryl methyl sites for hydroxylation is 1. The van der Waals surface area contributed by atoms with E-state index in [-0.39, 0.29) is 30.5 Å². The molecule has 0 spiro atoms. The Bertz CT molecular complexity index is 1250. The first kappa shape index (κ1) is 22.0. The van der Waals surface area contributed by atoms with E-state index < -0.39 is 5.97 Å². The summed E-state index contributed by atoms with van der Waals surface area (Å²) in [4.78, 5) is 30.5. The molecule has 1 aromatic heterocycles. The van der Waals surface area contributed by atoms with Crippen LogP contribution in [0.2, 0.25) is 0 Å². The Morgan fingerprint density at radius 2 is 1.52 bits per heavy atom. The van der Waals surface area contributed by atoms with Crippen molar-refractivity contribution in [1.29, 1.82) is 0 Å². The minimum atomic E-state index is -0.445. The molecule has 33 heavy (non-hydrogen) atoms. The van der Waals surface area contributed by atoms with Gasteiger partial charge in [0, 0.05) is 5.56 Å². The Balaban J connectivity index is 1.90. The second-order valence-corrected chi connectivity index (χ2v) is 7.45. The van der Waals surface area contributed by atoms with Gasteiger partial charge in [0.05, 0.1) is 24.4 Å². The van der Waals surface area contributed by atoms with E-state index in [2.05, 4.69) is 4.98 Å². The Morgan fingerprint density at radius 3 is 2.15 bits per heavy atom. The van der Waals surface area contributed by atoms with E-state index in [1.807, 2.05) is 55.5 Å². The number of carbonyl (C=O) groups is 2. The van der Waals surface area contributed by atoms with Crippen LogP contribution in [0.3, 0.4) is 0 Å². The zero-order valence-corrected chi connectivity index (χ0v) is 18.5. The van der Waals surface area contributed by atoms with Crippen LogP contribution in [-0.4, -0.2) is 27.9 Å². The minimum Gasteiger partial charge on any atom is -0.466 e. The predicted molar refractivity (Wildman–Crippen MR) is 125 cm³/mol. The molecule has 3 aromatic carbocycles. The number of para-hydroxylation sites is 1. The van der Waals surface area contributed by atoms with Gasteiger partial charge in [0.2, 0.25) is 5.78 Å². The lowest BCUT2D eigenvalue weighted by molar-refractivity contribution is -0.142. The monoisotopic (exact) mass is 440 g/mol. The van der Waals surface area contributed by atoms with Gasteiger partial charge < -0.3 is 9.47 Å². The third kappa shape index (κ3) is 5.01. The number of ether oxygens (including phenoxy) is 2. The summed E-state index contributed by atoms with van der Waals surface area (Å²) < 4.78 is 13.0. The van der Waals surface area contributed by atoms with Crippen LogP contribution in [0.1, 0.15) is 34.2 Å². The molecule has 0 radical (unpaired) electrons. The molecule has 6 nitrogen and oxygen atoms in total. The Hall–Kier alpha value is -4.19. The summed E-state index contributed by atoms with van der Waals surface area (Å²) >= 11 is 0. The molecule has 4 aromatic rings. The average Bonchev–Trinajstić information content (AvgIpc) is 3.17. The molecule has 0 N–H and O–H groups in total. The maximum absolute atomic E-state index is 13.4. The quantitative estimate of drug-likeness (QED) is 0.274. The van der Waals surface area contributed by atoms with E-state index in [0.29, 0.717) is 17.0 Å². The molecule has 0 saturated carbocycles. The van der Waals surface area contributed by atoms with E-state index >= 15 is 0 Å². The van der Waals surface area contributed by atoms with Gasteiger partial charge in [-0.25, -0.2) is 0 Å². The van der Waals surface area contributed by atoms with Crippen molar-refractivity contribution < 1.29 is 19.1 Å². The van der Waals surface area contributed by atoms with Crippen molar-refractivity contribution in [2.45, 2.75) is 20.3 Å². The maximum atomic E-state index is 13.4. The number of nitrogens with zero attached hydrogens (tertiary/aromatic N) is 2.